The molecule has 166 valence electrons. The molecule has 0 saturated heterocycles. The Morgan fingerprint density at radius 1 is 0.788 bits per heavy atom. The van der Waals surface area contributed by atoms with Crippen molar-refractivity contribution < 1.29 is 0 Å². The Morgan fingerprint density at radius 2 is 1.61 bits per heavy atom. The summed E-state index contributed by atoms with van der Waals surface area (Å²) >= 11 is 0. The summed E-state index contributed by atoms with van der Waals surface area (Å²) in [5.41, 5.74) is 19.3. The number of nitrogen functional groups attached to an aromatic ring is 1. The molecule has 3 aliphatic rings. The van der Waals surface area contributed by atoms with Crippen LogP contribution in [0.3, 0.4) is 0 Å². The highest BCUT2D eigenvalue weighted by Gasteiger charge is 2.22. The Hall–Kier alpha value is -3.13. The molecule has 0 radical (unpaired) electrons. The fraction of sp³-hybridized carbons (Fsp3) is 0.323. The van der Waals surface area contributed by atoms with Crippen molar-refractivity contribution in [2.45, 2.75) is 57.9 Å². The second-order valence-electron chi connectivity index (χ2n) is 10.1. The number of fused-ring (bicyclic) bond motifs is 2. The summed E-state index contributed by atoms with van der Waals surface area (Å²) in [5, 5.41) is 0. The van der Waals surface area contributed by atoms with E-state index in [0.717, 1.165) is 37.4 Å². The number of rotatable bonds is 4. The van der Waals surface area contributed by atoms with E-state index < -0.39 is 0 Å². The molecule has 1 aliphatic heterocycles. The largest absolute Gasteiger partial charge is 0.399 e. The van der Waals surface area contributed by atoms with Crippen LogP contribution >= 0.6 is 0 Å². The number of anilines is 1. The molecule has 1 saturated carbocycles. The first-order valence-electron chi connectivity index (χ1n) is 12.6. The summed E-state index contributed by atoms with van der Waals surface area (Å²) < 4.78 is 0. The van der Waals surface area contributed by atoms with Gasteiger partial charge in [0.15, 0.2) is 0 Å². The molecular formula is C31H32N2. The van der Waals surface area contributed by atoms with Gasteiger partial charge in [0.2, 0.25) is 0 Å². The molecule has 33 heavy (non-hydrogen) atoms. The van der Waals surface area contributed by atoms with Gasteiger partial charge in [-0.3, -0.25) is 4.99 Å². The van der Waals surface area contributed by atoms with Crippen LogP contribution in [-0.2, 0) is 19.4 Å². The third-order valence-electron chi connectivity index (χ3n) is 7.80. The van der Waals surface area contributed by atoms with Crippen molar-refractivity contribution in [1.29, 1.82) is 0 Å². The molecule has 2 aliphatic carbocycles. The molecule has 3 aromatic carbocycles. The van der Waals surface area contributed by atoms with E-state index in [4.69, 9.17) is 5.73 Å². The summed E-state index contributed by atoms with van der Waals surface area (Å²) in [7, 11) is 0. The third kappa shape index (κ3) is 4.04. The van der Waals surface area contributed by atoms with Crippen molar-refractivity contribution in [1.82, 2.24) is 0 Å². The first-order valence-corrected chi connectivity index (χ1v) is 12.6. The fourth-order valence-electron chi connectivity index (χ4n) is 6.07. The lowest BCUT2D eigenvalue weighted by Crippen LogP contribution is -2.00. The molecule has 2 N–H and O–H groups in total. The van der Waals surface area contributed by atoms with E-state index in [1.54, 1.807) is 0 Å². The van der Waals surface area contributed by atoms with Crippen molar-refractivity contribution >= 4 is 23.0 Å². The lowest BCUT2D eigenvalue weighted by Gasteiger charge is -2.18. The molecule has 0 amide bonds. The van der Waals surface area contributed by atoms with Gasteiger partial charge in [-0.15, -0.1) is 0 Å². The number of aliphatic imine (C=N–C) groups is 1. The molecule has 0 bridgehead atoms. The van der Waals surface area contributed by atoms with E-state index in [0.29, 0.717) is 0 Å². The van der Waals surface area contributed by atoms with Crippen LogP contribution in [0.15, 0.2) is 65.7 Å². The van der Waals surface area contributed by atoms with Crippen LogP contribution in [0.25, 0.3) is 11.1 Å². The second kappa shape index (κ2) is 8.67. The molecule has 1 heterocycles. The number of allylic oxidation sites excluding steroid dienone is 1. The molecule has 2 heteroatoms. The van der Waals surface area contributed by atoms with Gasteiger partial charge in [-0.2, -0.15) is 0 Å². The number of nitrogens with zero attached hydrogens (tertiary/aromatic N) is 1. The Morgan fingerprint density at radius 3 is 2.45 bits per heavy atom. The van der Waals surface area contributed by atoms with Gasteiger partial charge < -0.3 is 5.73 Å². The van der Waals surface area contributed by atoms with E-state index >= 15 is 0 Å². The zero-order valence-electron chi connectivity index (χ0n) is 19.3. The van der Waals surface area contributed by atoms with Crippen LogP contribution < -0.4 is 5.73 Å². The van der Waals surface area contributed by atoms with Crippen molar-refractivity contribution in [3.05, 3.63) is 99.6 Å². The van der Waals surface area contributed by atoms with Gasteiger partial charge in [-0.25, -0.2) is 0 Å². The lowest BCUT2D eigenvalue weighted by molar-refractivity contribution is 0.546. The lowest BCUT2D eigenvalue weighted by atomic mass is 9.86. The maximum absolute atomic E-state index is 6.19. The Labute approximate surface area is 197 Å². The highest BCUT2D eigenvalue weighted by atomic mass is 14.7. The van der Waals surface area contributed by atoms with Gasteiger partial charge in [0.1, 0.15) is 0 Å². The molecular weight excluding hydrogens is 400 g/mol. The van der Waals surface area contributed by atoms with Gasteiger partial charge in [-0.05, 0) is 99.9 Å². The maximum atomic E-state index is 6.19. The van der Waals surface area contributed by atoms with Gasteiger partial charge in [0.25, 0.3) is 0 Å². The molecule has 6 rings (SSSR count). The van der Waals surface area contributed by atoms with Gasteiger partial charge >= 0.3 is 0 Å². The normalized spacial score (nSPS) is 17.8. The molecule has 3 aromatic rings. The van der Waals surface area contributed by atoms with E-state index in [1.807, 2.05) is 6.21 Å². The highest BCUT2D eigenvalue weighted by molar-refractivity contribution is 6.01. The van der Waals surface area contributed by atoms with Crippen molar-refractivity contribution in [3.8, 4) is 0 Å². The van der Waals surface area contributed by atoms with Crippen molar-refractivity contribution in [2.75, 3.05) is 5.73 Å². The van der Waals surface area contributed by atoms with E-state index in [1.165, 1.54) is 82.2 Å². The first kappa shape index (κ1) is 20.5. The van der Waals surface area contributed by atoms with Crippen molar-refractivity contribution in [2.24, 2.45) is 10.9 Å². The summed E-state index contributed by atoms with van der Waals surface area (Å²) in [5.74, 6) is 0.875. The molecule has 0 atom stereocenters. The zero-order valence-corrected chi connectivity index (χ0v) is 19.3. The van der Waals surface area contributed by atoms with Gasteiger partial charge in [0, 0.05) is 11.9 Å². The van der Waals surface area contributed by atoms with E-state index in [-0.39, 0.29) is 0 Å². The highest BCUT2D eigenvalue weighted by Crippen LogP contribution is 2.41. The molecule has 0 aromatic heterocycles. The number of hydrogen-bond donors (Lipinski definition) is 1. The Bertz CT molecular complexity index is 1240. The van der Waals surface area contributed by atoms with E-state index in [2.05, 4.69) is 65.7 Å². The minimum atomic E-state index is 0.812. The van der Waals surface area contributed by atoms with E-state index in [9.17, 15) is 0 Å². The van der Waals surface area contributed by atoms with Crippen LogP contribution in [0.1, 0.15) is 77.5 Å². The minimum absolute atomic E-state index is 0.812. The third-order valence-corrected chi connectivity index (χ3v) is 7.80. The number of aryl methyl sites for hydroxylation is 1. The quantitative estimate of drug-likeness (QED) is 0.434. The number of nitrogens with two attached hydrogens (primary N) is 1. The summed E-state index contributed by atoms with van der Waals surface area (Å²) in [6.07, 6.45) is 12.1. The minimum Gasteiger partial charge on any atom is -0.399 e. The van der Waals surface area contributed by atoms with Crippen LogP contribution in [0.4, 0.5) is 5.69 Å². The standard InChI is InChI=1S/C31H32N2/c32-28-14-15-30-24(18-28)6-3-7-29(25-12-13-26-19-33-20-27(26)17-25)31(30)23-10-8-22(9-11-23)16-21-4-1-2-5-21/h8-15,17-18,20-21H,1-7,16,19,32H2. The number of hydrogen-bond acceptors (Lipinski definition) is 2. The summed E-state index contributed by atoms with van der Waals surface area (Å²) in [6, 6.07) is 22.9. The number of benzene rings is 3. The first-order chi connectivity index (χ1) is 16.2. The average molecular weight is 433 g/mol. The molecule has 0 unspecified atom stereocenters. The fourth-order valence-corrected chi connectivity index (χ4v) is 6.07. The average Bonchev–Trinajstić information content (AvgIpc) is 3.48. The molecule has 1 fully saturated rings. The smallest absolute Gasteiger partial charge is 0.0646 e. The van der Waals surface area contributed by atoms with Gasteiger partial charge in [0.05, 0.1) is 6.54 Å². The molecule has 2 nitrogen and oxygen atoms in total. The predicted molar refractivity (Wildman–Crippen MR) is 140 cm³/mol. The van der Waals surface area contributed by atoms with Crippen molar-refractivity contribution in [3.63, 3.8) is 0 Å². The maximum Gasteiger partial charge on any atom is 0.0646 e. The van der Waals surface area contributed by atoms with Crippen LogP contribution in [0.5, 0.6) is 0 Å². The summed E-state index contributed by atoms with van der Waals surface area (Å²) in [4.78, 5) is 4.48. The van der Waals surface area contributed by atoms with Crippen LogP contribution in [0, 0.1) is 5.92 Å². The SMILES string of the molecule is Nc1ccc2c(c1)CCCC(c1ccc3c(c1)C=NC3)=C2c1ccc(CC2CCCC2)cc1. The summed E-state index contributed by atoms with van der Waals surface area (Å²) in [6.45, 7) is 0.812. The van der Waals surface area contributed by atoms with Crippen LogP contribution in [-0.4, -0.2) is 6.21 Å². The predicted octanol–water partition coefficient (Wildman–Crippen LogP) is 7.23. The van der Waals surface area contributed by atoms with Gasteiger partial charge in [-0.1, -0.05) is 68.1 Å². The molecule has 0 spiro atoms. The second-order valence-corrected chi connectivity index (χ2v) is 10.1. The zero-order chi connectivity index (χ0) is 22.2. The Balaban J connectivity index is 1.47. The monoisotopic (exact) mass is 432 g/mol. The van der Waals surface area contributed by atoms with Crippen LogP contribution in [0.2, 0.25) is 0 Å². The Kier molecular flexibility index (Phi) is 5.38. The topological polar surface area (TPSA) is 38.4 Å².